The van der Waals surface area contributed by atoms with Gasteiger partial charge in [0.05, 0.1) is 127 Å². The second-order valence-corrected chi connectivity index (χ2v) is 26.8. The number of H-pyrrole nitrogens is 1. The van der Waals surface area contributed by atoms with Gasteiger partial charge in [-0.3, -0.25) is 9.56 Å². The fourth-order valence-corrected chi connectivity index (χ4v) is 12.0. The summed E-state index contributed by atoms with van der Waals surface area (Å²) in [6.45, 7) is 14.6. The summed E-state index contributed by atoms with van der Waals surface area (Å²) < 4.78 is 23.0. The molecular weight excluding hydrogens is 1370 g/mol. The van der Waals surface area contributed by atoms with Crippen molar-refractivity contribution in [2.75, 3.05) is 50.0 Å². The highest BCUT2D eigenvalue weighted by atomic mass is 16.6. The van der Waals surface area contributed by atoms with Crippen molar-refractivity contribution in [3.63, 3.8) is 0 Å². The van der Waals surface area contributed by atoms with Gasteiger partial charge in [0.25, 0.3) is 0 Å². The van der Waals surface area contributed by atoms with Crippen LogP contribution in [0.5, 0.6) is 0 Å². The van der Waals surface area contributed by atoms with E-state index in [1.54, 1.807) is 107 Å². The second kappa shape index (κ2) is 37.6. The van der Waals surface area contributed by atoms with Crippen LogP contribution in [0, 0.1) is 22.7 Å². The average Bonchev–Trinajstić information content (AvgIpc) is 1.62. The van der Waals surface area contributed by atoms with Gasteiger partial charge in [-0.2, -0.15) is 10.5 Å². The van der Waals surface area contributed by atoms with Crippen LogP contribution in [0.3, 0.4) is 0 Å². The normalized spacial score (nSPS) is 14.7. The van der Waals surface area contributed by atoms with Crippen LogP contribution in [-0.2, 0) is 14.2 Å². The number of carbonyl (C=O) groups is 4. The van der Waals surface area contributed by atoms with Gasteiger partial charge in [0.15, 0.2) is 0 Å². The molecule has 10 heterocycles. The van der Waals surface area contributed by atoms with E-state index in [0.717, 1.165) is 47.8 Å². The number of aliphatic hydroxyl groups excluding tert-OH is 1. The molecule has 6 aromatic carbocycles. The highest BCUT2D eigenvalue weighted by molar-refractivity contribution is 5.91. The zero-order valence-electron chi connectivity index (χ0n) is 60.9. The summed E-state index contributed by atoms with van der Waals surface area (Å²) in [7, 11) is 0. The van der Waals surface area contributed by atoms with Crippen LogP contribution in [-0.4, -0.2) is 134 Å². The van der Waals surface area contributed by atoms with Gasteiger partial charge in [-0.1, -0.05) is 103 Å². The van der Waals surface area contributed by atoms with Gasteiger partial charge in [-0.15, -0.1) is 0 Å². The molecule has 0 bridgehead atoms. The number of carbonyl (C=O) groups excluding carboxylic acids is 4. The number of nitrogens with one attached hydrogen (secondary N) is 6. The first-order chi connectivity index (χ1) is 52.3. The SMILES string of the molecule is C1=CN=CC1.C1CCOC1.CC(C)(C)OC(=O)NCC(O)c1ccccc1-c1cnc[nH]1.CC(C)(C)OC(=O)NCC1c2ccccc2-c2cncn21.N#Cc1ccc(NC(=O)NCC2c3ccccc3-c3cncn32)cc1.N#Cc1ccc(NC(=O)n2ccnc2)cc1.NCC1c2ccccc2-c2cncn21. The molecule has 4 unspecified atom stereocenters. The maximum Gasteiger partial charge on any atom is 0.407 e. The van der Waals surface area contributed by atoms with Gasteiger partial charge >= 0.3 is 24.2 Å². The van der Waals surface area contributed by atoms with E-state index in [1.807, 2.05) is 119 Å². The number of aliphatic imine (C=N–C) groups is 1. The van der Waals surface area contributed by atoms with Crippen molar-refractivity contribution >= 4 is 41.8 Å². The molecule has 1 fully saturated rings. The molecule has 0 saturated carbocycles. The first kappa shape index (κ1) is 77.5. The van der Waals surface area contributed by atoms with Crippen LogP contribution in [0.25, 0.3) is 45.0 Å². The number of aromatic amines is 1. The Hall–Kier alpha value is -13.1. The van der Waals surface area contributed by atoms with Crippen molar-refractivity contribution in [1.29, 1.82) is 10.5 Å². The lowest BCUT2D eigenvalue weighted by atomic mass is 10.0. The predicted molar refractivity (Wildman–Crippen MR) is 412 cm³/mol. The molecule has 0 spiro atoms. The Labute approximate surface area is 626 Å². The molecule has 27 heteroatoms. The standard InChI is InChI=1S/C19H15N5O.C16H21N3O3.C16H19N3O2.C11H8N4O.C11H11N3.C4H5N.C4H8O/c20-9-13-5-7-14(8-6-13)23-19(25)22-11-18-16-4-2-1-3-15(16)17-10-21-12-24(17)18;1-16(2,3)22-15(21)18-9-14(20)12-7-5-4-6-11(12)13-8-17-10-19-13;1-16(2,3)21-15(20)18-9-14-12-7-5-4-6-11(12)13-8-17-10-19(13)14;12-7-9-1-3-10(4-2-9)14-11(16)15-6-5-13-8-15;12-5-10-8-3-1-2-4-9(8)11-6-13-7-14(10)11;2*1-2-4-5-3-1/h1-8,10,12,18H,11H2,(H2,22,23,25);4-8,10,14,20H,9H2,1-3H3,(H,17,19)(H,18,21);4-8,10,14H,9H2,1-3H3,(H,18,20);1-6,8H,(H,14,16);1-4,6-7,10H,5,12H2;1,3-4H,2H2;1-4H2. The highest BCUT2D eigenvalue weighted by Crippen LogP contribution is 2.41. The summed E-state index contributed by atoms with van der Waals surface area (Å²) >= 11 is 0. The summed E-state index contributed by atoms with van der Waals surface area (Å²) in [5.74, 6) is 0. The number of aromatic nitrogens is 10. The number of ether oxygens (including phenoxy) is 3. The summed E-state index contributed by atoms with van der Waals surface area (Å²) in [5, 5.41) is 41.5. The Balaban J connectivity index is 0.000000141. The molecule has 5 aromatic heterocycles. The molecule has 5 aliphatic rings. The van der Waals surface area contributed by atoms with E-state index >= 15 is 0 Å². The van der Waals surface area contributed by atoms with E-state index in [2.05, 4.69) is 124 Å². The van der Waals surface area contributed by atoms with E-state index in [0.29, 0.717) is 47.7 Å². The maximum atomic E-state index is 12.2. The number of benzene rings is 6. The van der Waals surface area contributed by atoms with Crippen molar-refractivity contribution in [2.24, 2.45) is 10.7 Å². The Morgan fingerprint density at radius 1 is 0.593 bits per heavy atom. The van der Waals surface area contributed by atoms with Crippen molar-refractivity contribution < 1.29 is 38.5 Å². The minimum Gasteiger partial charge on any atom is -0.444 e. The molecule has 5 amide bonds. The van der Waals surface area contributed by atoms with Crippen LogP contribution in [0.4, 0.5) is 30.6 Å². The smallest absolute Gasteiger partial charge is 0.407 e. The predicted octanol–water partition coefficient (Wildman–Crippen LogP) is 13.8. The van der Waals surface area contributed by atoms with E-state index in [1.165, 1.54) is 63.4 Å². The van der Waals surface area contributed by atoms with Gasteiger partial charge in [-0.05, 0) is 125 Å². The van der Waals surface area contributed by atoms with Gasteiger partial charge in [0, 0.05) is 97.7 Å². The zero-order chi connectivity index (χ0) is 76.4. The Morgan fingerprint density at radius 2 is 1.07 bits per heavy atom. The summed E-state index contributed by atoms with van der Waals surface area (Å²) in [4.78, 5) is 74.3. The fraction of sp³-hybridized carbons (Fsp3) is 0.259. The second-order valence-electron chi connectivity index (χ2n) is 26.8. The first-order valence-corrected chi connectivity index (χ1v) is 35.1. The third-order valence-corrected chi connectivity index (χ3v) is 16.9. The third kappa shape index (κ3) is 21.3. The van der Waals surface area contributed by atoms with E-state index in [-0.39, 0.29) is 36.7 Å². The number of urea groups is 1. The molecule has 5 aliphatic heterocycles. The number of imidazole rings is 5. The molecule has 0 aliphatic carbocycles. The number of amides is 5. The maximum absolute atomic E-state index is 12.2. The number of nitrogens with zero attached hydrogens (tertiary/aromatic N) is 12. The van der Waals surface area contributed by atoms with E-state index in [4.69, 9.17) is 30.5 Å². The molecule has 27 nitrogen and oxygen atoms in total. The fourth-order valence-electron chi connectivity index (χ4n) is 12.0. The largest absolute Gasteiger partial charge is 0.444 e. The van der Waals surface area contributed by atoms with Gasteiger partial charge in [0.2, 0.25) is 0 Å². The quantitative estimate of drug-likeness (QED) is 0.0596. The third-order valence-electron chi connectivity index (χ3n) is 16.9. The molecule has 4 atom stereocenters. The topological polar surface area (TPSA) is 362 Å². The van der Waals surface area contributed by atoms with Crippen molar-refractivity contribution in [1.82, 2.24) is 64.1 Å². The number of hydrogen-bond donors (Lipinski definition) is 8. The van der Waals surface area contributed by atoms with E-state index < -0.39 is 29.5 Å². The number of aliphatic hydroxyl groups is 1. The molecule has 11 aromatic rings. The number of fused-ring (bicyclic) bond motifs is 9. The highest BCUT2D eigenvalue weighted by Gasteiger charge is 2.31. The lowest BCUT2D eigenvalue weighted by molar-refractivity contribution is 0.0488. The number of hydrogen-bond acceptors (Lipinski definition) is 17. The molecule has 9 N–H and O–H groups in total. The van der Waals surface area contributed by atoms with Crippen LogP contribution in [0.1, 0.15) is 118 Å². The minimum absolute atomic E-state index is 0.0282. The lowest BCUT2D eigenvalue weighted by Gasteiger charge is -2.21. The van der Waals surface area contributed by atoms with Crippen LogP contribution >= 0.6 is 0 Å². The van der Waals surface area contributed by atoms with Crippen LogP contribution in [0.15, 0.2) is 232 Å². The minimum atomic E-state index is -0.841. The molecular formula is C81H87N19O8. The van der Waals surface area contributed by atoms with Crippen molar-refractivity contribution in [3.8, 4) is 57.2 Å². The van der Waals surface area contributed by atoms with Crippen molar-refractivity contribution in [2.45, 2.75) is 96.2 Å². The molecule has 1 saturated heterocycles. The number of rotatable bonds is 11. The van der Waals surface area contributed by atoms with Crippen LogP contribution < -0.4 is 32.3 Å². The molecule has 108 heavy (non-hydrogen) atoms. The summed E-state index contributed by atoms with van der Waals surface area (Å²) in [5.41, 5.74) is 20.1. The lowest BCUT2D eigenvalue weighted by Crippen LogP contribution is -2.35. The van der Waals surface area contributed by atoms with Gasteiger partial charge < -0.3 is 70.3 Å². The van der Waals surface area contributed by atoms with Gasteiger partial charge in [0.1, 0.15) is 17.5 Å². The van der Waals surface area contributed by atoms with Crippen molar-refractivity contribution in [3.05, 3.63) is 260 Å². The average molecular weight is 1450 g/mol. The van der Waals surface area contributed by atoms with E-state index in [9.17, 15) is 24.3 Å². The van der Waals surface area contributed by atoms with Crippen LogP contribution in [0.2, 0.25) is 0 Å². The zero-order valence-corrected chi connectivity index (χ0v) is 60.9. The number of alkyl carbamates (subject to hydrolysis) is 2. The number of nitriles is 2. The van der Waals surface area contributed by atoms with Gasteiger partial charge in [-0.25, -0.2) is 44.1 Å². The number of nitrogens with two attached hydrogens (primary N) is 1. The first-order valence-electron chi connectivity index (χ1n) is 35.1. The Bertz CT molecular complexity index is 4880. The molecule has 0 radical (unpaired) electrons. The number of anilines is 2. The molecule has 554 valence electrons. The summed E-state index contributed by atoms with van der Waals surface area (Å²) in [6.07, 6.45) is 26.3. The Morgan fingerprint density at radius 3 is 1.51 bits per heavy atom. The molecule has 16 rings (SSSR count). The number of allylic oxidation sites excluding steroid dienone is 1. The summed E-state index contributed by atoms with van der Waals surface area (Å²) in [6, 6.07) is 49.4. The Kier molecular flexibility index (Phi) is 27.0. The monoisotopic (exact) mass is 1450 g/mol.